The predicted molar refractivity (Wildman–Crippen MR) is 74.4 cm³/mol. The van der Waals surface area contributed by atoms with Gasteiger partial charge in [-0.25, -0.2) is 4.98 Å². The van der Waals surface area contributed by atoms with E-state index in [0.717, 1.165) is 25.2 Å². The average Bonchev–Trinajstić information content (AvgIpc) is 2.94. The summed E-state index contributed by atoms with van der Waals surface area (Å²) >= 11 is 0. The maximum absolute atomic E-state index is 12.6. The molecule has 1 aromatic rings. The number of imidazole rings is 1. The Bertz CT molecular complexity index is 425. The van der Waals surface area contributed by atoms with E-state index >= 15 is 0 Å². The molecule has 2 heterocycles. The number of ether oxygens (including phenoxy) is 2. The molecule has 0 N–H and O–H groups in total. The van der Waals surface area contributed by atoms with Crippen LogP contribution in [0.1, 0.15) is 12.2 Å². The number of carbonyl (C=O) groups is 1. The Balaban J connectivity index is 1.96. The minimum absolute atomic E-state index is 0.0265. The van der Waals surface area contributed by atoms with Crippen LogP contribution >= 0.6 is 0 Å². The highest BCUT2D eigenvalue weighted by molar-refractivity contribution is 5.79. The Labute approximate surface area is 119 Å². The van der Waals surface area contributed by atoms with Crippen molar-refractivity contribution in [1.82, 2.24) is 14.5 Å². The molecule has 112 valence electrons. The van der Waals surface area contributed by atoms with E-state index in [4.69, 9.17) is 9.47 Å². The Kier molecular flexibility index (Phi) is 5.55. The lowest BCUT2D eigenvalue weighted by atomic mass is 9.96. The molecule has 0 saturated heterocycles. The minimum atomic E-state index is 0.0265. The fourth-order valence-electron chi connectivity index (χ4n) is 2.56. The largest absolute Gasteiger partial charge is 0.383 e. The summed E-state index contributed by atoms with van der Waals surface area (Å²) in [6.07, 6.45) is 5.38. The van der Waals surface area contributed by atoms with Crippen molar-refractivity contribution in [3.63, 3.8) is 0 Å². The quantitative estimate of drug-likeness (QED) is 0.733. The fraction of sp³-hybridized carbons (Fsp3) is 0.714. The van der Waals surface area contributed by atoms with Crippen molar-refractivity contribution in [3.8, 4) is 0 Å². The third kappa shape index (κ3) is 3.58. The number of aromatic nitrogens is 2. The SMILES string of the molecule is COCCN(CCOC)C(=O)C1CCn2ccnc2C1. The first-order chi connectivity index (χ1) is 9.76. The molecular formula is C14H23N3O3. The van der Waals surface area contributed by atoms with Crippen LogP contribution in [0.5, 0.6) is 0 Å². The van der Waals surface area contributed by atoms with E-state index in [-0.39, 0.29) is 11.8 Å². The second kappa shape index (κ2) is 7.40. The molecule has 20 heavy (non-hydrogen) atoms. The lowest BCUT2D eigenvalue weighted by Crippen LogP contribution is -2.42. The zero-order valence-electron chi connectivity index (χ0n) is 12.2. The molecule has 2 rings (SSSR count). The number of nitrogens with zero attached hydrogens (tertiary/aromatic N) is 3. The van der Waals surface area contributed by atoms with Gasteiger partial charge < -0.3 is 18.9 Å². The smallest absolute Gasteiger partial charge is 0.226 e. The van der Waals surface area contributed by atoms with Crippen molar-refractivity contribution >= 4 is 5.91 Å². The molecule has 6 heteroatoms. The molecule has 0 aliphatic carbocycles. The molecule has 1 unspecified atom stereocenters. The lowest BCUT2D eigenvalue weighted by molar-refractivity contribution is -0.137. The molecule has 0 spiro atoms. The van der Waals surface area contributed by atoms with Gasteiger partial charge in [-0.1, -0.05) is 0 Å². The minimum Gasteiger partial charge on any atom is -0.383 e. The van der Waals surface area contributed by atoms with Crippen molar-refractivity contribution in [2.24, 2.45) is 5.92 Å². The topological polar surface area (TPSA) is 56.6 Å². The molecule has 0 aromatic carbocycles. The zero-order chi connectivity index (χ0) is 14.4. The summed E-state index contributed by atoms with van der Waals surface area (Å²) in [7, 11) is 3.30. The standard InChI is InChI=1S/C14H23N3O3/c1-19-9-7-17(8-10-20-2)14(18)12-3-5-16-6-4-15-13(16)11-12/h4,6,12H,3,5,7-11H2,1-2H3. The summed E-state index contributed by atoms with van der Waals surface area (Å²) in [6.45, 7) is 3.20. The van der Waals surface area contributed by atoms with E-state index in [9.17, 15) is 4.79 Å². The van der Waals surface area contributed by atoms with E-state index in [2.05, 4.69) is 9.55 Å². The van der Waals surface area contributed by atoms with E-state index < -0.39 is 0 Å². The van der Waals surface area contributed by atoms with Crippen LogP contribution in [0.15, 0.2) is 12.4 Å². The first-order valence-corrected chi connectivity index (χ1v) is 7.03. The lowest BCUT2D eigenvalue weighted by Gasteiger charge is -2.29. The third-order valence-corrected chi connectivity index (χ3v) is 3.74. The van der Waals surface area contributed by atoms with Gasteiger partial charge in [0.1, 0.15) is 5.82 Å². The van der Waals surface area contributed by atoms with Crippen LogP contribution in [0.25, 0.3) is 0 Å². The monoisotopic (exact) mass is 281 g/mol. The molecule has 0 radical (unpaired) electrons. The summed E-state index contributed by atoms with van der Waals surface area (Å²) in [6, 6.07) is 0. The first kappa shape index (κ1) is 15.0. The van der Waals surface area contributed by atoms with Crippen LogP contribution in [0, 0.1) is 5.92 Å². The van der Waals surface area contributed by atoms with Gasteiger partial charge in [-0.3, -0.25) is 4.79 Å². The van der Waals surface area contributed by atoms with E-state index in [1.54, 1.807) is 20.4 Å². The van der Waals surface area contributed by atoms with Crippen LogP contribution in [0.3, 0.4) is 0 Å². The first-order valence-electron chi connectivity index (χ1n) is 7.03. The highest BCUT2D eigenvalue weighted by atomic mass is 16.5. The number of aryl methyl sites for hydroxylation is 1. The summed E-state index contributed by atoms with van der Waals surface area (Å²) in [5.41, 5.74) is 0. The Hall–Kier alpha value is -1.40. The van der Waals surface area contributed by atoms with Crippen LogP contribution in [0.4, 0.5) is 0 Å². The molecule has 1 amide bonds. The number of rotatable bonds is 7. The highest BCUT2D eigenvalue weighted by Crippen LogP contribution is 2.21. The zero-order valence-corrected chi connectivity index (χ0v) is 12.2. The normalized spacial score (nSPS) is 17.8. The summed E-state index contributed by atoms with van der Waals surface area (Å²) in [4.78, 5) is 18.8. The van der Waals surface area contributed by atoms with Gasteiger partial charge in [0.15, 0.2) is 0 Å². The van der Waals surface area contributed by atoms with Gasteiger partial charge in [0.2, 0.25) is 5.91 Å². The Morgan fingerprint density at radius 1 is 1.40 bits per heavy atom. The van der Waals surface area contributed by atoms with Gasteiger partial charge in [-0.2, -0.15) is 0 Å². The Morgan fingerprint density at radius 2 is 2.10 bits per heavy atom. The second-order valence-electron chi connectivity index (χ2n) is 5.04. The van der Waals surface area contributed by atoms with Gasteiger partial charge in [0.25, 0.3) is 0 Å². The highest BCUT2D eigenvalue weighted by Gasteiger charge is 2.28. The second-order valence-corrected chi connectivity index (χ2v) is 5.04. The van der Waals surface area contributed by atoms with Crippen LogP contribution < -0.4 is 0 Å². The molecular weight excluding hydrogens is 258 g/mol. The molecule has 6 nitrogen and oxygen atoms in total. The van der Waals surface area contributed by atoms with Crippen molar-refractivity contribution in [3.05, 3.63) is 18.2 Å². The molecule has 0 bridgehead atoms. The summed E-state index contributed by atoms with van der Waals surface area (Å²) in [5, 5.41) is 0. The van der Waals surface area contributed by atoms with Gasteiger partial charge in [-0.05, 0) is 6.42 Å². The predicted octanol–water partition coefficient (Wildman–Crippen LogP) is 0.567. The van der Waals surface area contributed by atoms with E-state index in [0.29, 0.717) is 26.3 Å². The molecule has 1 aromatic heterocycles. The van der Waals surface area contributed by atoms with Crippen molar-refractivity contribution in [1.29, 1.82) is 0 Å². The third-order valence-electron chi connectivity index (χ3n) is 3.74. The summed E-state index contributed by atoms with van der Waals surface area (Å²) in [5.74, 6) is 1.22. The van der Waals surface area contributed by atoms with Crippen molar-refractivity contribution in [2.45, 2.75) is 19.4 Å². The van der Waals surface area contributed by atoms with Gasteiger partial charge in [0, 0.05) is 58.6 Å². The molecule has 1 atom stereocenters. The van der Waals surface area contributed by atoms with E-state index in [1.165, 1.54) is 0 Å². The maximum atomic E-state index is 12.6. The average molecular weight is 281 g/mol. The number of hydrogen-bond acceptors (Lipinski definition) is 4. The fourth-order valence-corrected chi connectivity index (χ4v) is 2.56. The number of carbonyl (C=O) groups excluding carboxylic acids is 1. The van der Waals surface area contributed by atoms with Crippen LogP contribution in [-0.2, 0) is 27.2 Å². The van der Waals surface area contributed by atoms with Crippen molar-refractivity contribution in [2.75, 3.05) is 40.5 Å². The van der Waals surface area contributed by atoms with Gasteiger partial charge in [0.05, 0.1) is 13.2 Å². The van der Waals surface area contributed by atoms with E-state index in [1.807, 2.05) is 11.1 Å². The number of hydrogen-bond donors (Lipinski definition) is 0. The number of methoxy groups -OCH3 is 2. The maximum Gasteiger partial charge on any atom is 0.226 e. The molecule has 0 saturated carbocycles. The molecule has 0 fully saturated rings. The molecule has 1 aliphatic heterocycles. The van der Waals surface area contributed by atoms with Crippen molar-refractivity contribution < 1.29 is 14.3 Å². The number of fused-ring (bicyclic) bond motifs is 1. The Morgan fingerprint density at radius 3 is 2.75 bits per heavy atom. The van der Waals surface area contributed by atoms with Crippen LogP contribution in [-0.4, -0.2) is 60.9 Å². The molecule has 1 aliphatic rings. The van der Waals surface area contributed by atoms with Gasteiger partial charge in [-0.15, -0.1) is 0 Å². The number of amides is 1. The van der Waals surface area contributed by atoms with Crippen LogP contribution in [0.2, 0.25) is 0 Å². The summed E-state index contributed by atoms with van der Waals surface area (Å²) < 4.78 is 12.3. The van der Waals surface area contributed by atoms with Gasteiger partial charge >= 0.3 is 0 Å².